The summed E-state index contributed by atoms with van der Waals surface area (Å²) < 4.78 is 4.77. The van der Waals surface area contributed by atoms with Crippen LogP contribution in [0.15, 0.2) is 29.4 Å². The topological polar surface area (TPSA) is 45.1 Å². The van der Waals surface area contributed by atoms with E-state index < -0.39 is 0 Å². The van der Waals surface area contributed by atoms with Gasteiger partial charge in [0.15, 0.2) is 0 Å². The van der Waals surface area contributed by atoms with Crippen molar-refractivity contribution < 1.29 is 9.53 Å². The summed E-state index contributed by atoms with van der Waals surface area (Å²) in [6.07, 6.45) is 2.49. The number of carbonyl (C=O) groups is 1. The molecule has 1 aromatic carbocycles. The van der Waals surface area contributed by atoms with Crippen LogP contribution in [0.4, 0.5) is 0 Å². The molecule has 0 aliphatic carbocycles. The van der Waals surface area contributed by atoms with Gasteiger partial charge in [-0.15, -0.1) is 0 Å². The molecule has 0 amide bonds. The molecule has 5 heteroatoms. The molecule has 5 nitrogen and oxygen atoms in total. The van der Waals surface area contributed by atoms with E-state index in [4.69, 9.17) is 9.84 Å². The molecule has 116 valence electrons. The maximum atomic E-state index is 11.6. The molecular weight excluding hydrogens is 278 g/mol. The van der Waals surface area contributed by atoms with E-state index in [1.807, 2.05) is 24.3 Å². The first-order chi connectivity index (χ1) is 10.7. The average Bonchev–Trinajstić information content (AvgIpc) is 2.94. The predicted molar refractivity (Wildman–Crippen MR) is 83.8 cm³/mol. The van der Waals surface area contributed by atoms with Crippen molar-refractivity contribution in [3.8, 4) is 0 Å². The van der Waals surface area contributed by atoms with Gasteiger partial charge in [-0.2, -0.15) is 5.10 Å². The number of methoxy groups -OCH3 is 1. The van der Waals surface area contributed by atoms with Crippen molar-refractivity contribution in [2.75, 3.05) is 27.2 Å². The van der Waals surface area contributed by atoms with Crippen LogP contribution in [0.5, 0.6) is 0 Å². The van der Waals surface area contributed by atoms with Crippen LogP contribution in [0.1, 0.15) is 34.8 Å². The van der Waals surface area contributed by atoms with Gasteiger partial charge in [-0.3, -0.25) is 9.91 Å². The van der Waals surface area contributed by atoms with E-state index in [0.29, 0.717) is 17.5 Å². The number of hydrogen-bond acceptors (Lipinski definition) is 5. The fraction of sp³-hybridized carbons (Fsp3) is 0.529. The Morgan fingerprint density at radius 3 is 2.50 bits per heavy atom. The van der Waals surface area contributed by atoms with Gasteiger partial charge in [-0.05, 0) is 43.6 Å². The number of piperidine rings is 3. The Morgan fingerprint density at radius 2 is 1.86 bits per heavy atom. The van der Waals surface area contributed by atoms with E-state index in [2.05, 4.69) is 17.0 Å². The summed E-state index contributed by atoms with van der Waals surface area (Å²) in [5.41, 5.74) is 3.17. The fourth-order valence-corrected chi connectivity index (χ4v) is 4.19. The van der Waals surface area contributed by atoms with Crippen molar-refractivity contribution in [1.82, 2.24) is 9.91 Å². The lowest BCUT2D eigenvalue weighted by Crippen LogP contribution is -2.56. The number of rotatable bonds is 2. The van der Waals surface area contributed by atoms with Crippen molar-refractivity contribution in [2.45, 2.75) is 24.9 Å². The highest BCUT2D eigenvalue weighted by molar-refractivity contribution is 5.95. The van der Waals surface area contributed by atoms with Gasteiger partial charge in [0.25, 0.3) is 0 Å². The molecule has 2 unspecified atom stereocenters. The molecule has 0 radical (unpaired) electrons. The number of carbonyl (C=O) groups excluding carboxylic acids is 1. The van der Waals surface area contributed by atoms with Crippen molar-refractivity contribution in [3.63, 3.8) is 0 Å². The van der Waals surface area contributed by atoms with Crippen molar-refractivity contribution >= 4 is 11.7 Å². The molecule has 0 aromatic heterocycles. The van der Waals surface area contributed by atoms with E-state index in [9.17, 15) is 4.79 Å². The second-order valence-electron chi connectivity index (χ2n) is 6.41. The second-order valence-corrected chi connectivity index (χ2v) is 6.41. The van der Waals surface area contributed by atoms with Gasteiger partial charge in [-0.1, -0.05) is 12.1 Å². The lowest BCUT2D eigenvalue weighted by molar-refractivity contribution is 0.0600. The molecule has 2 bridgehead atoms. The SMILES string of the molecule is COC(=O)c1ccc(C2C3C(=NN2C)C2CCN3CC2)cc1. The molecule has 4 aliphatic heterocycles. The van der Waals surface area contributed by atoms with Gasteiger partial charge < -0.3 is 4.74 Å². The Hall–Kier alpha value is -1.88. The van der Waals surface area contributed by atoms with E-state index in [0.717, 1.165) is 0 Å². The summed E-state index contributed by atoms with van der Waals surface area (Å²) >= 11 is 0. The third kappa shape index (κ3) is 1.96. The quantitative estimate of drug-likeness (QED) is 0.783. The van der Waals surface area contributed by atoms with Gasteiger partial charge >= 0.3 is 5.97 Å². The van der Waals surface area contributed by atoms with Crippen molar-refractivity contribution in [1.29, 1.82) is 0 Å². The minimum absolute atomic E-state index is 0.254. The molecule has 2 atom stereocenters. The zero-order chi connectivity index (χ0) is 15.3. The minimum Gasteiger partial charge on any atom is -0.465 e. The molecule has 22 heavy (non-hydrogen) atoms. The summed E-state index contributed by atoms with van der Waals surface area (Å²) in [5.74, 6) is 0.375. The van der Waals surface area contributed by atoms with Crippen LogP contribution >= 0.6 is 0 Å². The van der Waals surface area contributed by atoms with Gasteiger partial charge in [0.1, 0.15) is 0 Å². The van der Waals surface area contributed by atoms with E-state index in [-0.39, 0.29) is 12.0 Å². The first-order valence-electron chi connectivity index (χ1n) is 7.92. The van der Waals surface area contributed by atoms with Gasteiger partial charge in [0.05, 0.1) is 30.5 Å². The maximum absolute atomic E-state index is 11.6. The summed E-state index contributed by atoms with van der Waals surface area (Å²) in [6, 6.07) is 8.43. The third-order valence-corrected chi connectivity index (χ3v) is 5.29. The highest BCUT2D eigenvalue weighted by atomic mass is 16.5. The van der Waals surface area contributed by atoms with Crippen LogP contribution < -0.4 is 0 Å². The Labute approximate surface area is 130 Å². The third-order valence-electron chi connectivity index (χ3n) is 5.29. The Bertz CT molecular complexity index is 617. The number of hydrogen-bond donors (Lipinski definition) is 0. The number of likely N-dealkylation sites (N-methyl/N-ethyl adjacent to an activating group) is 1. The van der Waals surface area contributed by atoms with Crippen LogP contribution in [-0.2, 0) is 4.74 Å². The van der Waals surface area contributed by atoms with Crippen molar-refractivity contribution in [2.24, 2.45) is 11.0 Å². The molecule has 3 saturated heterocycles. The van der Waals surface area contributed by atoms with Crippen LogP contribution in [0, 0.1) is 5.92 Å². The summed E-state index contributed by atoms with van der Waals surface area (Å²) in [7, 11) is 3.47. The number of nitrogens with zero attached hydrogens (tertiary/aromatic N) is 3. The Morgan fingerprint density at radius 1 is 1.18 bits per heavy atom. The predicted octanol–water partition coefficient (Wildman–Crippen LogP) is 1.91. The lowest BCUT2D eigenvalue weighted by atomic mass is 9.78. The minimum atomic E-state index is -0.288. The number of benzene rings is 1. The Kier molecular flexibility index (Phi) is 3.18. The van der Waals surface area contributed by atoms with Crippen LogP contribution in [0.25, 0.3) is 0 Å². The van der Waals surface area contributed by atoms with E-state index >= 15 is 0 Å². The van der Waals surface area contributed by atoms with Gasteiger partial charge in [-0.25, -0.2) is 4.79 Å². The van der Waals surface area contributed by atoms with E-state index in [1.165, 1.54) is 44.3 Å². The molecule has 5 rings (SSSR count). The summed E-state index contributed by atoms with van der Waals surface area (Å²) in [5, 5.41) is 6.94. The standard InChI is InChI=1S/C17H21N3O2/c1-19-15(12-3-5-13(6-4-12)17(21)22-2)16-14(18-19)11-7-9-20(16)10-8-11/h3-6,11,15-16H,7-10H2,1-2H3. The highest BCUT2D eigenvalue weighted by Gasteiger charge is 2.48. The largest absolute Gasteiger partial charge is 0.465 e. The van der Waals surface area contributed by atoms with E-state index in [1.54, 1.807) is 0 Å². The normalized spacial score (nSPS) is 32.6. The zero-order valence-corrected chi connectivity index (χ0v) is 13.0. The lowest BCUT2D eigenvalue weighted by Gasteiger charge is -2.46. The molecule has 4 aliphatic rings. The summed E-state index contributed by atoms with van der Waals surface area (Å²) in [4.78, 5) is 14.1. The fourth-order valence-electron chi connectivity index (χ4n) is 4.19. The van der Waals surface area contributed by atoms with Crippen LogP contribution in [-0.4, -0.2) is 54.9 Å². The molecule has 0 spiro atoms. The highest BCUT2D eigenvalue weighted by Crippen LogP contribution is 2.42. The first-order valence-corrected chi connectivity index (χ1v) is 7.92. The van der Waals surface area contributed by atoms with Crippen LogP contribution in [0.3, 0.4) is 0 Å². The van der Waals surface area contributed by atoms with Crippen LogP contribution in [0.2, 0.25) is 0 Å². The zero-order valence-electron chi connectivity index (χ0n) is 13.0. The monoisotopic (exact) mass is 299 g/mol. The van der Waals surface area contributed by atoms with Gasteiger partial charge in [0, 0.05) is 13.0 Å². The van der Waals surface area contributed by atoms with Crippen molar-refractivity contribution in [3.05, 3.63) is 35.4 Å². The Balaban J connectivity index is 1.64. The molecule has 1 aromatic rings. The number of esters is 1. The molecule has 0 saturated carbocycles. The van der Waals surface area contributed by atoms with Gasteiger partial charge in [0.2, 0.25) is 0 Å². The molecule has 3 fully saturated rings. The maximum Gasteiger partial charge on any atom is 0.337 e. The average molecular weight is 299 g/mol. The number of hydrazone groups is 1. The number of fused-ring (bicyclic) bond motifs is 2. The molecule has 4 heterocycles. The second kappa shape index (κ2) is 5.09. The summed E-state index contributed by atoms with van der Waals surface area (Å²) in [6.45, 7) is 2.36. The number of ether oxygens (including phenoxy) is 1. The first kappa shape index (κ1) is 13.8. The molecule has 0 N–H and O–H groups in total. The smallest absolute Gasteiger partial charge is 0.337 e. The molecular formula is C17H21N3O2.